The van der Waals surface area contributed by atoms with Crippen LogP contribution in [-0.4, -0.2) is 24.2 Å². The van der Waals surface area contributed by atoms with E-state index >= 15 is 0 Å². The first kappa shape index (κ1) is 15.1. The molecule has 0 heterocycles. The second-order valence-electron chi connectivity index (χ2n) is 5.00. The minimum absolute atomic E-state index is 0.335. The molecule has 0 spiro atoms. The van der Waals surface area contributed by atoms with Gasteiger partial charge in [0.2, 0.25) is 0 Å². The van der Waals surface area contributed by atoms with E-state index in [1.54, 1.807) is 6.07 Å². The van der Waals surface area contributed by atoms with E-state index in [1.807, 2.05) is 0 Å². The molecule has 2 rings (SSSR count). The van der Waals surface area contributed by atoms with Crippen LogP contribution in [-0.2, 0) is 4.74 Å². The normalized spacial score (nSPS) is 19.9. The Morgan fingerprint density at radius 1 is 1.25 bits per heavy atom. The van der Waals surface area contributed by atoms with Crippen molar-refractivity contribution in [2.24, 2.45) is 0 Å². The molecule has 1 unspecified atom stereocenters. The lowest BCUT2D eigenvalue weighted by atomic mass is 9.89. The van der Waals surface area contributed by atoms with Gasteiger partial charge in [0.1, 0.15) is 11.9 Å². The Hall–Kier alpha value is -1.27. The van der Waals surface area contributed by atoms with Crippen LogP contribution in [0.1, 0.15) is 37.4 Å². The molecule has 0 saturated heterocycles. The molecule has 1 aliphatic carbocycles. The van der Waals surface area contributed by atoms with Gasteiger partial charge in [-0.3, -0.25) is 0 Å². The molecule has 0 amide bonds. The van der Waals surface area contributed by atoms with Gasteiger partial charge in [0, 0.05) is 7.11 Å². The summed E-state index contributed by atoms with van der Waals surface area (Å²) in [4.78, 5) is 0. The lowest BCUT2D eigenvalue weighted by molar-refractivity contribution is -0.274. The Balaban J connectivity index is 2.22. The first-order valence-corrected chi connectivity index (χ1v) is 6.45. The van der Waals surface area contributed by atoms with Crippen molar-refractivity contribution in [3.63, 3.8) is 0 Å². The monoisotopic (exact) mass is 290 g/mol. The minimum Gasteiger partial charge on any atom is -0.406 e. The molecule has 1 aromatic rings. The molecule has 1 N–H and O–H groups in total. The van der Waals surface area contributed by atoms with Crippen LogP contribution in [0.4, 0.5) is 13.2 Å². The highest BCUT2D eigenvalue weighted by Gasteiger charge is 2.42. The van der Waals surface area contributed by atoms with E-state index in [0.717, 1.165) is 12.8 Å². The second kappa shape index (κ2) is 5.61. The second-order valence-corrected chi connectivity index (χ2v) is 5.00. The van der Waals surface area contributed by atoms with E-state index in [2.05, 4.69) is 4.74 Å². The Labute approximate surface area is 115 Å². The highest BCUT2D eigenvalue weighted by molar-refractivity contribution is 5.31. The molecule has 0 bridgehead atoms. The lowest BCUT2D eigenvalue weighted by Crippen LogP contribution is -2.35. The van der Waals surface area contributed by atoms with Gasteiger partial charge in [-0.05, 0) is 30.5 Å². The number of hydrogen-bond acceptors (Lipinski definition) is 3. The van der Waals surface area contributed by atoms with E-state index < -0.39 is 18.1 Å². The van der Waals surface area contributed by atoms with E-state index in [9.17, 15) is 18.3 Å². The smallest absolute Gasteiger partial charge is 0.406 e. The fourth-order valence-corrected chi connectivity index (χ4v) is 2.75. The predicted molar refractivity (Wildman–Crippen MR) is 66.3 cm³/mol. The maximum absolute atomic E-state index is 12.2. The molecule has 1 saturated carbocycles. The number of aliphatic hydroxyl groups is 1. The molecule has 1 aliphatic rings. The van der Waals surface area contributed by atoms with Crippen LogP contribution in [0.3, 0.4) is 0 Å². The fraction of sp³-hybridized carbons (Fsp3) is 0.571. The zero-order valence-electron chi connectivity index (χ0n) is 11.1. The number of rotatable bonds is 4. The summed E-state index contributed by atoms with van der Waals surface area (Å²) in [6, 6.07) is 5.42. The average Bonchev–Trinajstić information content (AvgIpc) is 2.86. The quantitative estimate of drug-likeness (QED) is 0.921. The maximum Gasteiger partial charge on any atom is 0.573 e. The number of hydrogen-bond donors (Lipinski definition) is 1. The maximum atomic E-state index is 12.2. The van der Waals surface area contributed by atoms with Crippen LogP contribution >= 0.6 is 0 Å². The van der Waals surface area contributed by atoms with Crippen molar-refractivity contribution in [2.75, 3.05) is 7.11 Å². The molecule has 0 radical (unpaired) electrons. The van der Waals surface area contributed by atoms with Gasteiger partial charge >= 0.3 is 6.36 Å². The summed E-state index contributed by atoms with van der Waals surface area (Å²) < 4.78 is 45.9. The van der Waals surface area contributed by atoms with Gasteiger partial charge in [0.25, 0.3) is 0 Å². The molecule has 112 valence electrons. The number of halogens is 3. The zero-order valence-corrected chi connectivity index (χ0v) is 11.1. The van der Waals surface area contributed by atoms with Crippen LogP contribution in [0.25, 0.3) is 0 Å². The molecule has 0 aromatic heterocycles. The van der Waals surface area contributed by atoms with Gasteiger partial charge in [-0.15, -0.1) is 13.2 Å². The standard InChI is InChI=1S/C14H17F3O3/c1-19-13(7-2-3-8-13)12(18)10-5-4-6-11(9-10)20-14(15,16)17/h4-6,9,12,18H,2-3,7-8H2,1H3. The topological polar surface area (TPSA) is 38.7 Å². The zero-order chi connectivity index (χ0) is 14.8. The molecule has 1 aromatic carbocycles. The first-order valence-electron chi connectivity index (χ1n) is 6.45. The largest absolute Gasteiger partial charge is 0.573 e. The van der Waals surface area contributed by atoms with Gasteiger partial charge in [-0.1, -0.05) is 25.0 Å². The van der Waals surface area contributed by atoms with Crippen molar-refractivity contribution >= 4 is 0 Å². The van der Waals surface area contributed by atoms with Gasteiger partial charge in [-0.2, -0.15) is 0 Å². The summed E-state index contributed by atoms with van der Waals surface area (Å²) in [5.74, 6) is -0.335. The summed E-state index contributed by atoms with van der Waals surface area (Å²) in [6.07, 6.45) is -2.46. The van der Waals surface area contributed by atoms with E-state index in [4.69, 9.17) is 4.74 Å². The van der Waals surface area contributed by atoms with Crippen molar-refractivity contribution in [1.29, 1.82) is 0 Å². The summed E-state index contributed by atoms with van der Waals surface area (Å²) in [5, 5.41) is 10.4. The van der Waals surface area contributed by atoms with Crippen molar-refractivity contribution in [1.82, 2.24) is 0 Å². The SMILES string of the molecule is COC1(C(O)c2cccc(OC(F)(F)F)c2)CCCC1. The van der Waals surface area contributed by atoms with Gasteiger partial charge in [0.05, 0.1) is 5.60 Å². The summed E-state index contributed by atoms with van der Waals surface area (Å²) in [7, 11) is 1.52. The van der Waals surface area contributed by atoms with E-state index in [-0.39, 0.29) is 5.75 Å². The third-order valence-corrected chi connectivity index (χ3v) is 3.76. The number of benzene rings is 1. The average molecular weight is 290 g/mol. The Kier molecular flexibility index (Phi) is 4.25. The highest BCUT2D eigenvalue weighted by atomic mass is 19.4. The Morgan fingerprint density at radius 2 is 1.90 bits per heavy atom. The summed E-state index contributed by atoms with van der Waals surface area (Å²) in [6.45, 7) is 0. The van der Waals surface area contributed by atoms with Crippen LogP contribution in [0.5, 0.6) is 5.75 Å². The van der Waals surface area contributed by atoms with Crippen molar-refractivity contribution in [3.8, 4) is 5.75 Å². The fourth-order valence-electron chi connectivity index (χ4n) is 2.75. The molecule has 3 nitrogen and oxygen atoms in total. The molecular weight excluding hydrogens is 273 g/mol. The van der Waals surface area contributed by atoms with Gasteiger partial charge in [-0.25, -0.2) is 0 Å². The van der Waals surface area contributed by atoms with Crippen molar-refractivity contribution in [2.45, 2.75) is 43.8 Å². The van der Waals surface area contributed by atoms with E-state index in [1.165, 1.54) is 25.3 Å². The number of aliphatic hydroxyl groups excluding tert-OH is 1. The molecule has 20 heavy (non-hydrogen) atoms. The number of methoxy groups -OCH3 is 1. The van der Waals surface area contributed by atoms with Crippen molar-refractivity contribution < 1.29 is 27.8 Å². The van der Waals surface area contributed by atoms with Gasteiger partial charge < -0.3 is 14.6 Å². The number of alkyl halides is 3. The van der Waals surface area contributed by atoms with E-state index in [0.29, 0.717) is 18.4 Å². The van der Waals surface area contributed by atoms with Crippen molar-refractivity contribution in [3.05, 3.63) is 29.8 Å². The molecule has 6 heteroatoms. The summed E-state index contributed by atoms with van der Waals surface area (Å²) in [5.41, 5.74) is -0.341. The molecule has 0 aliphatic heterocycles. The third-order valence-electron chi connectivity index (χ3n) is 3.76. The van der Waals surface area contributed by atoms with Gasteiger partial charge in [0.15, 0.2) is 0 Å². The Bertz CT molecular complexity index is 453. The molecule has 1 atom stereocenters. The summed E-state index contributed by atoms with van der Waals surface area (Å²) >= 11 is 0. The molecule has 1 fully saturated rings. The number of ether oxygens (including phenoxy) is 2. The Morgan fingerprint density at radius 3 is 2.45 bits per heavy atom. The van der Waals surface area contributed by atoms with Crippen LogP contribution in [0, 0.1) is 0 Å². The lowest BCUT2D eigenvalue weighted by Gasteiger charge is -2.33. The third kappa shape index (κ3) is 3.24. The first-order chi connectivity index (χ1) is 9.36. The van der Waals surface area contributed by atoms with Crippen LogP contribution in [0.15, 0.2) is 24.3 Å². The highest BCUT2D eigenvalue weighted by Crippen LogP contribution is 2.43. The molecular formula is C14H17F3O3. The van der Waals surface area contributed by atoms with Crippen LogP contribution in [0.2, 0.25) is 0 Å². The minimum atomic E-state index is -4.74. The predicted octanol–water partition coefficient (Wildman–Crippen LogP) is 3.58. The van der Waals surface area contributed by atoms with Crippen LogP contribution < -0.4 is 4.74 Å².